The van der Waals surface area contributed by atoms with E-state index in [1.54, 1.807) is 33.8 Å². The predicted molar refractivity (Wildman–Crippen MR) is 144 cm³/mol. The Morgan fingerprint density at radius 2 is 1.39 bits per heavy atom. The zero-order valence-electron chi connectivity index (χ0n) is 24.3. The largest absolute Gasteiger partial charge is 0.477 e. The Bertz CT molecular complexity index is 973. The molecule has 0 bridgehead atoms. The van der Waals surface area contributed by atoms with E-state index >= 15 is 0 Å². The minimum absolute atomic E-state index is 0.00739. The maximum atomic E-state index is 12.8. The molecule has 1 aromatic carbocycles. The van der Waals surface area contributed by atoms with Crippen LogP contribution in [0.1, 0.15) is 87.1 Å². The van der Waals surface area contributed by atoms with E-state index in [0.29, 0.717) is 18.4 Å². The number of carbonyl (C=O) groups is 4. The van der Waals surface area contributed by atoms with Gasteiger partial charge in [-0.05, 0) is 49.3 Å². The van der Waals surface area contributed by atoms with Crippen LogP contribution in [0.15, 0.2) is 18.2 Å². The molecule has 0 saturated carbocycles. The van der Waals surface area contributed by atoms with Gasteiger partial charge in [0, 0.05) is 18.9 Å². The monoisotopic (exact) mass is 535 g/mol. The molecule has 38 heavy (non-hydrogen) atoms. The molecule has 9 heteroatoms. The quantitative estimate of drug-likeness (QED) is 0.178. The van der Waals surface area contributed by atoms with Gasteiger partial charge in [0.15, 0.2) is 11.5 Å². The summed E-state index contributed by atoms with van der Waals surface area (Å²) in [6, 6.07) is 4.21. The van der Waals surface area contributed by atoms with Crippen molar-refractivity contribution in [2.45, 2.75) is 99.8 Å². The number of benzene rings is 1. The van der Waals surface area contributed by atoms with Crippen molar-refractivity contribution < 1.29 is 38.5 Å². The molecule has 214 valence electrons. The Kier molecular flexibility index (Phi) is 12.9. The van der Waals surface area contributed by atoms with Gasteiger partial charge in [-0.15, -0.1) is 0 Å². The summed E-state index contributed by atoms with van der Waals surface area (Å²) < 4.78 is 16.8. The van der Waals surface area contributed by atoms with Crippen LogP contribution < -0.4 is 14.8 Å². The molecule has 0 radical (unpaired) electrons. The third-order valence-electron chi connectivity index (χ3n) is 6.81. The van der Waals surface area contributed by atoms with Gasteiger partial charge in [0.25, 0.3) is 5.72 Å². The molecular weight excluding hydrogens is 490 g/mol. The summed E-state index contributed by atoms with van der Waals surface area (Å²) in [5.74, 6) is -3.73. The Morgan fingerprint density at radius 1 is 0.868 bits per heavy atom. The Morgan fingerprint density at radius 3 is 1.84 bits per heavy atom. The van der Waals surface area contributed by atoms with Crippen molar-refractivity contribution in [1.82, 2.24) is 5.32 Å². The second-order valence-corrected chi connectivity index (χ2v) is 10.7. The van der Waals surface area contributed by atoms with Crippen molar-refractivity contribution in [2.24, 2.45) is 23.7 Å². The zero-order chi connectivity index (χ0) is 29.2. The molecule has 0 aliphatic rings. The molecule has 9 nitrogen and oxygen atoms in total. The van der Waals surface area contributed by atoms with Crippen molar-refractivity contribution in [2.75, 3.05) is 0 Å². The van der Waals surface area contributed by atoms with E-state index in [0.717, 1.165) is 0 Å². The summed E-state index contributed by atoms with van der Waals surface area (Å²) in [5.41, 5.74) is -1.64. The average molecular weight is 536 g/mol. The molecule has 0 aliphatic heterocycles. The molecule has 0 aromatic heterocycles. The molecule has 0 saturated heterocycles. The Balaban J connectivity index is 3.53. The summed E-state index contributed by atoms with van der Waals surface area (Å²) in [5, 5.41) is 13.1. The highest BCUT2D eigenvalue weighted by atomic mass is 16.6. The first-order valence-corrected chi connectivity index (χ1v) is 13.5. The minimum atomic E-state index is -2.04. The number of hydrogen-bond acceptors (Lipinski definition) is 8. The van der Waals surface area contributed by atoms with Gasteiger partial charge in [0.1, 0.15) is 0 Å². The van der Waals surface area contributed by atoms with Gasteiger partial charge in [-0.1, -0.05) is 61.5 Å². The number of aliphatic carboxylic acids is 1. The van der Waals surface area contributed by atoms with Crippen molar-refractivity contribution in [1.29, 1.82) is 0 Å². The van der Waals surface area contributed by atoms with Crippen LogP contribution in [-0.4, -0.2) is 40.8 Å². The van der Waals surface area contributed by atoms with Crippen LogP contribution in [0.4, 0.5) is 0 Å². The van der Waals surface area contributed by atoms with E-state index in [-0.39, 0.29) is 42.2 Å². The smallest absolute Gasteiger partial charge is 0.364 e. The summed E-state index contributed by atoms with van der Waals surface area (Å²) in [4.78, 5) is 50.4. The van der Waals surface area contributed by atoms with Gasteiger partial charge in [-0.2, -0.15) is 0 Å². The standard InChI is InChI=1S/C29H45NO8/c1-10-12-25(31)38-29(28(34)35,30-19(7)11-2)16-22-13-14-23(36-26(32)20(8)17(3)4)24(15-22)37-27(33)21(9)18(5)6/h13-15,17-21,30H,10-12,16H2,1-9H3,(H,34,35)/t19?,20?,21?,29-/m0/s1. The fourth-order valence-electron chi connectivity index (χ4n) is 3.31. The highest BCUT2D eigenvalue weighted by Crippen LogP contribution is 2.33. The van der Waals surface area contributed by atoms with Crippen LogP contribution in [0.25, 0.3) is 0 Å². The van der Waals surface area contributed by atoms with Crippen LogP contribution in [0.3, 0.4) is 0 Å². The normalized spacial score (nSPS) is 15.3. The topological polar surface area (TPSA) is 128 Å². The van der Waals surface area contributed by atoms with Gasteiger partial charge in [0.05, 0.1) is 11.8 Å². The van der Waals surface area contributed by atoms with E-state index in [2.05, 4.69) is 5.32 Å². The summed E-state index contributed by atoms with van der Waals surface area (Å²) in [7, 11) is 0. The highest BCUT2D eigenvalue weighted by Gasteiger charge is 2.44. The van der Waals surface area contributed by atoms with Crippen LogP contribution in [0.2, 0.25) is 0 Å². The number of carbonyl (C=O) groups excluding carboxylic acids is 3. The fraction of sp³-hybridized carbons (Fsp3) is 0.655. The number of carboxylic acid groups (broad SMARTS) is 1. The summed E-state index contributed by atoms with van der Waals surface area (Å²) in [6.45, 7) is 16.5. The van der Waals surface area contributed by atoms with Crippen molar-refractivity contribution in [3.63, 3.8) is 0 Å². The molecule has 1 rings (SSSR count). The average Bonchev–Trinajstić information content (AvgIpc) is 2.83. The lowest BCUT2D eigenvalue weighted by atomic mass is 9.98. The molecule has 0 fully saturated rings. The first-order chi connectivity index (χ1) is 17.7. The number of esters is 3. The van der Waals surface area contributed by atoms with Crippen LogP contribution in [-0.2, 0) is 30.3 Å². The Hall–Kier alpha value is -2.94. The number of ether oxygens (including phenoxy) is 3. The van der Waals surface area contributed by atoms with Gasteiger partial charge >= 0.3 is 23.9 Å². The van der Waals surface area contributed by atoms with Gasteiger partial charge < -0.3 is 19.3 Å². The molecule has 0 spiro atoms. The van der Waals surface area contributed by atoms with Crippen molar-refractivity contribution in [3.05, 3.63) is 23.8 Å². The third kappa shape index (κ3) is 9.42. The second kappa shape index (κ2) is 14.9. The van der Waals surface area contributed by atoms with Gasteiger partial charge in [-0.25, -0.2) is 4.79 Å². The van der Waals surface area contributed by atoms with Crippen molar-refractivity contribution in [3.8, 4) is 11.5 Å². The molecule has 3 unspecified atom stereocenters. The first kappa shape index (κ1) is 33.1. The van der Waals surface area contributed by atoms with Crippen LogP contribution >= 0.6 is 0 Å². The SMILES string of the molecule is CCCC(=O)O[C@](Cc1ccc(OC(=O)C(C)C(C)C)c(OC(=O)C(C)C(C)C)c1)(NC(C)CC)C(=O)O. The maximum absolute atomic E-state index is 12.8. The maximum Gasteiger partial charge on any atom is 0.364 e. The van der Waals surface area contributed by atoms with Crippen LogP contribution in [0, 0.1) is 23.7 Å². The van der Waals surface area contributed by atoms with E-state index in [1.165, 1.54) is 12.1 Å². The molecule has 4 atom stereocenters. The zero-order valence-corrected chi connectivity index (χ0v) is 24.3. The Labute approximate surface area is 226 Å². The van der Waals surface area contributed by atoms with Crippen molar-refractivity contribution >= 4 is 23.9 Å². The lowest BCUT2D eigenvalue weighted by molar-refractivity contribution is -0.184. The number of carboxylic acids is 1. The number of nitrogens with one attached hydrogen (secondary N) is 1. The summed E-state index contributed by atoms with van der Waals surface area (Å²) >= 11 is 0. The lowest BCUT2D eigenvalue weighted by Gasteiger charge is -2.33. The minimum Gasteiger partial charge on any atom is -0.477 e. The molecule has 0 aliphatic carbocycles. The van der Waals surface area contributed by atoms with Gasteiger partial charge in [0.2, 0.25) is 0 Å². The predicted octanol–water partition coefficient (Wildman–Crippen LogP) is 5.14. The van der Waals surface area contributed by atoms with E-state index in [1.807, 2.05) is 34.6 Å². The first-order valence-electron chi connectivity index (χ1n) is 13.5. The second-order valence-electron chi connectivity index (χ2n) is 10.7. The van der Waals surface area contributed by atoms with Crippen LogP contribution in [0.5, 0.6) is 11.5 Å². The van der Waals surface area contributed by atoms with Gasteiger partial charge in [-0.3, -0.25) is 19.7 Å². The molecule has 0 heterocycles. The fourth-order valence-corrected chi connectivity index (χ4v) is 3.31. The van der Waals surface area contributed by atoms with E-state index < -0.39 is 41.4 Å². The molecule has 0 amide bonds. The number of rotatable bonds is 15. The van der Waals surface area contributed by atoms with E-state index in [4.69, 9.17) is 14.2 Å². The number of hydrogen-bond donors (Lipinski definition) is 2. The van der Waals surface area contributed by atoms with E-state index in [9.17, 15) is 24.3 Å². The lowest BCUT2D eigenvalue weighted by Crippen LogP contribution is -2.59. The third-order valence-corrected chi connectivity index (χ3v) is 6.81. The molecular formula is C29H45NO8. The molecule has 1 aromatic rings. The molecule has 2 N–H and O–H groups in total. The summed E-state index contributed by atoms with van der Waals surface area (Å²) in [6.07, 6.45) is 0.916. The highest BCUT2D eigenvalue weighted by molar-refractivity contribution is 5.82.